The van der Waals surface area contributed by atoms with E-state index in [-0.39, 0.29) is 30.7 Å². The van der Waals surface area contributed by atoms with Gasteiger partial charge in [0.1, 0.15) is 0 Å². The van der Waals surface area contributed by atoms with Gasteiger partial charge in [0.2, 0.25) is 0 Å². The molecule has 2 saturated heterocycles. The molecule has 4 rings (SSSR count). The Morgan fingerprint density at radius 2 is 1.84 bits per heavy atom. The molecule has 0 aliphatic carbocycles. The lowest BCUT2D eigenvalue weighted by molar-refractivity contribution is 0.0924. The number of benzene rings is 1. The van der Waals surface area contributed by atoms with E-state index in [0.29, 0.717) is 18.1 Å². The fraction of sp³-hybridized carbons (Fsp3) is 0.444. The quantitative estimate of drug-likeness (QED) is 0.854. The molecule has 2 aromatic rings. The molecular formula is C18H24Cl2N4O. The molecule has 0 spiro atoms. The van der Waals surface area contributed by atoms with Gasteiger partial charge >= 0.3 is 0 Å². The number of aromatic nitrogens is 2. The maximum absolute atomic E-state index is 12.4. The Kier molecular flexibility index (Phi) is 6.87. The van der Waals surface area contributed by atoms with E-state index < -0.39 is 0 Å². The second kappa shape index (κ2) is 8.70. The summed E-state index contributed by atoms with van der Waals surface area (Å²) in [5.41, 5.74) is 1.91. The van der Waals surface area contributed by atoms with Crippen molar-refractivity contribution in [1.82, 2.24) is 20.2 Å². The number of amides is 1. The van der Waals surface area contributed by atoms with Crippen LogP contribution in [0.4, 0.5) is 0 Å². The normalized spacial score (nSPS) is 24.1. The predicted molar refractivity (Wildman–Crippen MR) is 103 cm³/mol. The third kappa shape index (κ3) is 4.75. The lowest BCUT2D eigenvalue weighted by atomic mass is 9.99. The molecule has 25 heavy (non-hydrogen) atoms. The van der Waals surface area contributed by atoms with Crippen molar-refractivity contribution in [3.8, 4) is 0 Å². The lowest BCUT2D eigenvalue weighted by Gasteiger charge is -2.29. The van der Waals surface area contributed by atoms with E-state index in [1.165, 1.54) is 18.4 Å². The maximum Gasteiger partial charge on any atom is 0.251 e. The summed E-state index contributed by atoms with van der Waals surface area (Å²) in [5.74, 6) is 0.0467. The molecule has 0 saturated carbocycles. The third-order valence-corrected chi connectivity index (χ3v) is 4.95. The predicted octanol–water partition coefficient (Wildman–Crippen LogP) is 2.79. The van der Waals surface area contributed by atoms with Crippen molar-refractivity contribution in [1.29, 1.82) is 0 Å². The molecule has 0 radical (unpaired) electrons. The molecule has 2 unspecified atom stereocenters. The van der Waals surface area contributed by atoms with E-state index in [1.807, 2.05) is 35.0 Å². The minimum Gasteiger partial charge on any atom is -0.349 e. The molecule has 2 bridgehead atoms. The zero-order valence-corrected chi connectivity index (χ0v) is 15.6. The number of nitrogens with one attached hydrogen (secondary N) is 2. The first-order chi connectivity index (χ1) is 11.3. The van der Waals surface area contributed by atoms with Gasteiger partial charge in [0.25, 0.3) is 5.91 Å². The molecule has 5 nitrogen and oxygen atoms in total. The Labute approximate surface area is 160 Å². The van der Waals surface area contributed by atoms with Crippen molar-refractivity contribution in [3.63, 3.8) is 0 Å². The highest BCUT2D eigenvalue weighted by atomic mass is 35.5. The van der Waals surface area contributed by atoms with Gasteiger partial charge in [-0.1, -0.05) is 12.1 Å². The van der Waals surface area contributed by atoms with Crippen molar-refractivity contribution < 1.29 is 4.79 Å². The fourth-order valence-electron chi connectivity index (χ4n) is 3.80. The van der Waals surface area contributed by atoms with Crippen LogP contribution >= 0.6 is 24.8 Å². The van der Waals surface area contributed by atoms with E-state index in [4.69, 9.17) is 0 Å². The van der Waals surface area contributed by atoms with Gasteiger partial charge in [-0.05, 0) is 43.4 Å². The molecule has 3 heterocycles. The van der Waals surface area contributed by atoms with Crippen LogP contribution < -0.4 is 10.6 Å². The summed E-state index contributed by atoms with van der Waals surface area (Å²) in [6, 6.07) is 9.36. The number of halogens is 2. The van der Waals surface area contributed by atoms with E-state index in [9.17, 15) is 4.79 Å². The van der Waals surface area contributed by atoms with Crippen LogP contribution in [0.3, 0.4) is 0 Å². The summed E-state index contributed by atoms with van der Waals surface area (Å²) in [6.07, 6.45) is 10.1. The highest BCUT2D eigenvalue weighted by molar-refractivity contribution is 5.94. The van der Waals surface area contributed by atoms with Gasteiger partial charge in [-0.25, -0.2) is 4.98 Å². The first-order valence-corrected chi connectivity index (χ1v) is 8.38. The van der Waals surface area contributed by atoms with Gasteiger partial charge < -0.3 is 15.2 Å². The number of imidazole rings is 1. The van der Waals surface area contributed by atoms with Crippen molar-refractivity contribution in [3.05, 3.63) is 54.1 Å². The topological polar surface area (TPSA) is 59.0 Å². The fourth-order valence-corrected chi connectivity index (χ4v) is 3.80. The van der Waals surface area contributed by atoms with Crippen LogP contribution in [0.2, 0.25) is 0 Å². The van der Waals surface area contributed by atoms with Gasteiger partial charge in [-0.2, -0.15) is 0 Å². The van der Waals surface area contributed by atoms with Gasteiger partial charge in [0, 0.05) is 42.6 Å². The van der Waals surface area contributed by atoms with Crippen LogP contribution in [0.15, 0.2) is 43.0 Å². The van der Waals surface area contributed by atoms with Crippen LogP contribution in [0.1, 0.15) is 41.6 Å². The van der Waals surface area contributed by atoms with E-state index >= 15 is 0 Å². The largest absolute Gasteiger partial charge is 0.349 e. The van der Waals surface area contributed by atoms with Crippen LogP contribution in [0.5, 0.6) is 0 Å². The standard InChI is InChI=1S/C18H22N4O.2ClH/c23-18(21-17-9-15-5-6-16(10-17)20-15)14-3-1-13(2-4-14)11-22-8-7-19-12-22;;/h1-4,7-8,12,15-17,20H,5-6,9-11H2,(H,21,23);2*1H. The smallest absolute Gasteiger partial charge is 0.251 e. The zero-order chi connectivity index (χ0) is 15.6. The summed E-state index contributed by atoms with van der Waals surface area (Å²) in [7, 11) is 0. The maximum atomic E-state index is 12.4. The second-order valence-electron chi connectivity index (χ2n) is 6.71. The van der Waals surface area contributed by atoms with E-state index in [1.54, 1.807) is 12.5 Å². The molecule has 2 aliphatic heterocycles. The molecule has 1 amide bonds. The summed E-state index contributed by atoms with van der Waals surface area (Å²) in [5, 5.41) is 6.81. The zero-order valence-electron chi connectivity index (χ0n) is 13.9. The van der Waals surface area contributed by atoms with Crippen molar-refractivity contribution in [2.45, 2.75) is 50.4 Å². The molecule has 2 atom stereocenters. The Morgan fingerprint density at radius 3 is 2.44 bits per heavy atom. The lowest BCUT2D eigenvalue weighted by Crippen LogP contribution is -2.48. The highest BCUT2D eigenvalue weighted by Gasteiger charge is 2.34. The number of carbonyl (C=O) groups is 1. The molecule has 1 aromatic carbocycles. The molecule has 2 aliphatic rings. The molecule has 2 N–H and O–H groups in total. The number of nitrogens with zero attached hydrogens (tertiary/aromatic N) is 2. The first kappa shape index (κ1) is 19.8. The van der Waals surface area contributed by atoms with Crippen molar-refractivity contribution in [2.75, 3.05) is 0 Å². The van der Waals surface area contributed by atoms with Crippen LogP contribution in [0, 0.1) is 0 Å². The third-order valence-electron chi connectivity index (χ3n) is 4.95. The molecule has 1 aromatic heterocycles. The number of rotatable bonds is 4. The van der Waals surface area contributed by atoms with Gasteiger partial charge in [-0.15, -0.1) is 24.8 Å². The summed E-state index contributed by atoms with van der Waals surface area (Å²) >= 11 is 0. The number of hydrogen-bond acceptors (Lipinski definition) is 3. The summed E-state index contributed by atoms with van der Waals surface area (Å²) < 4.78 is 2.01. The Morgan fingerprint density at radius 1 is 1.16 bits per heavy atom. The molecular weight excluding hydrogens is 359 g/mol. The average molecular weight is 383 g/mol. The number of hydrogen-bond donors (Lipinski definition) is 2. The highest BCUT2D eigenvalue weighted by Crippen LogP contribution is 2.26. The second-order valence-corrected chi connectivity index (χ2v) is 6.71. The molecule has 2 fully saturated rings. The van der Waals surface area contributed by atoms with Gasteiger partial charge in [0.05, 0.1) is 6.33 Å². The molecule has 7 heteroatoms. The van der Waals surface area contributed by atoms with Gasteiger partial charge in [0.15, 0.2) is 0 Å². The Bertz CT molecular complexity index is 663. The van der Waals surface area contributed by atoms with Crippen LogP contribution in [-0.4, -0.2) is 33.6 Å². The first-order valence-electron chi connectivity index (χ1n) is 8.38. The van der Waals surface area contributed by atoms with E-state index in [0.717, 1.165) is 24.9 Å². The number of fused-ring (bicyclic) bond motifs is 2. The minimum atomic E-state index is 0. The SMILES string of the molecule is Cl.Cl.O=C(NC1CC2CCC(C1)N2)c1ccc(Cn2ccnc2)cc1. The number of piperidine rings is 1. The number of carbonyl (C=O) groups excluding carboxylic acids is 1. The minimum absolute atomic E-state index is 0. The van der Waals surface area contributed by atoms with Gasteiger partial charge in [-0.3, -0.25) is 4.79 Å². The average Bonchev–Trinajstić information content (AvgIpc) is 3.18. The van der Waals surface area contributed by atoms with Crippen molar-refractivity contribution in [2.24, 2.45) is 0 Å². The molecule has 136 valence electrons. The van der Waals surface area contributed by atoms with Crippen LogP contribution in [0.25, 0.3) is 0 Å². The Hall–Kier alpha value is -1.56. The summed E-state index contributed by atoms with van der Waals surface area (Å²) in [6.45, 7) is 0.777. The van der Waals surface area contributed by atoms with E-state index in [2.05, 4.69) is 15.6 Å². The summed E-state index contributed by atoms with van der Waals surface area (Å²) in [4.78, 5) is 16.5. The monoisotopic (exact) mass is 382 g/mol. The van der Waals surface area contributed by atoms with Crippen LogP contribution in [-0.2, 0) is 6.54 Å². The Balaban J connectivity index is 0.00000113. The van der Waals surface area contributed by atoms with Crippen molar-refractivity contribution >= 4 is 30.7 Å².